The zero-order chi connectivity index (χ0) is 28.6. The van der Waals surface area contributed by atoms with Crippen LogP contribution in [0.4, 0.5) is 10.1 Å². The molecule has 3 N–H and O–H groups in total. The van der Waals surface area contributed by atoms with Crippen LogP contribution in [0.1, 0.15) is 44.1 Å². The summed E-state index contributed by atoms with van der Waals surface area (Å²) < 4.78 is 14.2. The number of aromatic amines is 2. The van der Waals surface area contributed by atoms with E-state index >= 15 is 0 Å². The van der Waals surface area contributed by atoms with Crippen molar-refractivity contribution in [1.82, 2.24) is 30.1 Å². The minimum absolute atomic E-state index is 0.0340. The van der Waals surface area contributed by atoms with Crippen LogP contribution in [-0.4, -0.2) is 36.0 Å². The summed E-state index contributed by atoms with van der Waals surface area (Å²) in [5.74, 6) is 0.230. The van der Waals surface area contributed by atoms with Gasteiger partial charge in [-0.25, -0.2) is 14.4 Å². The molecule has 0 atom stereocenters. The molecule has 8 nitrogen and oxygen atoms in total. The third-order valence-corrected chi connectivity index (χ3v) is 8.12. The highest BCUT2D eigenvalue weighted by Crippen LogP contribution is 2.35. The van der Waals surface area contributed by atoms with E-state index in [1.165, 1.54) is 31.4 Å². The van der Waals surface area contributed by atoms with Crippen molar-refractivity contribution in [3.8, 4) is 33.6 Å². The van der Waals surface area contributed by atoms with Gasteiger partial charge in [-0.15, -0.1) is 0 Å². The van der Waals surface area contributed by atoms with Gasteiger partial charge in [0.25, 0.3) is 0 Å². The van der Waals surface area contributed by atoms with Crippen LogP contribution in [-0.2, 0) is 4.79 Å². The molecule has 0 radical (unpaired) electrons. The molecule has 0 spiro atoms. The Bertz CT molecular complexity index is 1920. The summed E-state index contributed by atoms with van der Waals surface area (Å²) in [6, 6.07) is 12.9. The lowest BCUT2D eigenvalue weighted by Crippen LogP contribution is -2.18. The summed E-state index contributed by atoms with van der Waals surface area (Å²) >= 11 is 0. The van der Waals surface area contributed by atoms with Gasteiger partial charge < -0.3 is 10.3 Å². The second-order valence-corrected chi connectivity index (χ2v) is 11.2. The number of carbonyl (C=O) groups is 1. The molecule has 1 aliphatic carbocycles. The molecule has 5 heterocycles. The van der Waals surface area contributed by atoms with Crippen LogP contribution in [0.15, 0.2) is 67.3 Å². The number of rotatable bonds is 6. The number of amides is 1. The van der Waals surface area contributed by atoms with Gasteiger partial charge in [-0.1, -0.05) is 25.3 Å². The standard InChI is InChI=1S/C33H30FN7O/c1-19-9-21(12-24(34)10-19)26-7-8-36-32-27(26)15-29(39-32)31-28-14-23(17-37-33(28)41-40-31)22-13-25(18-35-16-22)38-30(42)11-20-5-3-2-4-6-20/h7-10,12-18,20H,2-6,11H2,1H3,(H,36,39)(H,38,42)(H,37,40,41). The molecule has 7 rings (SSSR count). The summed E-state index contributed by atoms with van der Waals surface area (Å²) in [7, 11) is 0. The quantitative estimate of drug-likeness (QED) is 0.195. The molecule has 0 saturated heterocycles. The van der Waals surface area contributed by atoms with Crippen LogP contribution in [0.3, 0.4) is 0 Å². The summed E-state index contributed by atoms with van der Waals surface area (Å²) in [5, 5.41) is 12.3. The van der Waals surface area contributed by atoms with E-state index in [0.717, 1.165) is 62.8 Å². The van der Waals surface area contributed by atoms with Gasteiger partial charge in [0.05, 0.1) is 23.3 Å². The normalized spacial score (nSPS) is 14.0. The van der Waals surface area contributed by atoms with Crippen LogP contribution >= 0.6 is 0 Å². The van der Waals surface area contributed by atoms with Gasteiger partial charge in [-0.05, 0) is 78.8 Å². The summed E-state index contributed by atoms with van der Waals surface area (Å²) in [5.41, 5.74) is 7.73. The average molecular weight is 560 g/mol. The maximum atomic E-state index is 14.2. The van der Waals surface area contributed by atoms with E-state index in [4.69, 9.17) is 0 Å². The average Bonchev–Trinajstić information content (AvgIpc) is 3.61. The van der Waals surface area contributed by atoms with E-state index in [2.05, 4.69) is 35.5 Å². The van der Waals surface area contributed by atoms with E-state index in [0.29, 0.717) is 29.3 Å². The Morgan fingerprint density at radius 1 is 0.952 bits per heavy atom. The van der Waals surface area contributed by atoms with Crippen LogP contribution < -0.4 is 5.32 Å². The minimum Gasteiger partial charge on any atom is -0.338 e. The van der Waals surface area contributed by atoms with Gasteiger partial charge in [-0.3, -0.25) is 14.9 Å². The SMILES string of the molecule is Cc1cc(F)cc(-c2ccnc3[nH]c(-c4[nH]nc5ncc(-c6cncc(NC(=O)CC7CCCCC7)c6)cc45)cc23)c1. The third kappa shape index (κ3) is 5.13. The lowest BCUT2D eigenvalue weighted by Gasteiger charge is -2.20. The highest BCUT2D eigenvalue weighted by Gasteiger charge is 2.18. The van der Waals surface area contributed by atoms with Crippen molar-refractivity contribution in [2.45, 2.75) is 45.4 Å². The maximum Gasteiger partial charge on any atom is 0.224 e. The van der Waals surface area contributed by atoms with Crippen molar-refractivity contribution in [3.05, 3.63) is 78.6 Å². The van der Waals surface area contributed by atoms with E-state index in [1.54, 1.807) is 24.8 Å². The molecule has 0 unspecified atom stereocenters. The van der Waals surface area contributed by atoms with Crippen LogP contribution in [0.2, 0.25) is 0 Å². The molecule has 42 heavy (non-hydrogen) atoms. The fourth-order valence-corrected chi connectivity index (χ4v) is 6.10. The van der Waals surface area contributed by atoms with Crippen molar-refractivity contribution in [3.63, 3.8) is 0 Å². The minimum atomic E-state index is -0.272. The summed E-state index contributed by atoms with van der Waals surface area (Å²) in [4.78, 5) is 29.6. The van der Waals surface area contributed by atoms with Gasteiger partial charge in [0, 0.05) is 46.9 Å². The first-order chi connectivity index (χ1) is 20.5. The number of fused-ring (bicyclic) bond motifs is 2. The van der Waals surface area contributed by atoms with E-state index in [1.807, 2.05) is 37.3 Å². The van der Waals surface area contributed by atoms with Crippen molar-refractivity contribution < 1.29 is 9.18 Å². The molecule has 1 aromatic carbocycles. The van der Waals surface area contributed by atoms with E-state index < -0.39 is 0 Å². The number of hydrogen-bond donors (Lipinski definition) is 3. The molecule has 210 valence electrons. The van der Waals surface area contributed by atoms with E-state index in [-0.39, 0.29) is 11.7 Å². The summed E-state index contributed by atoms with van der Waals surface area (Å²) in [6.07, 6.45) is 13.4. The van der Waals surface area contributed by atoms with Crippen LogP contribution in [0.5, 0.6) is 0 Å². The first-order valence-electron chi connectivity index (χ1n) is 14.4. The Morgan fingerprint density at radius 2 is 1.81 bits per heavy atom. The highest BCUT2D eigenvalue weighted by molar-refractivity contribution is 6.00. The first-order valence-corrected chi connectivity index (χ1v) is 14.4. The zero-order valence-electron chi connectivity index (χ0n) is 23.2. The zero-order valence-corrected chi connectivity index (χ0v) is 23.2. The number of halogens is 1. The van der Waals surface area contributed by atoms with E-state index in [9.17, 15) is 9.18 Å². The lowest BCUT2D eigenvalue weighted by atomic mass is 9.87. The van der Waals surface area contributed by atoms with Gasteiger partial charge in [0.1, 0.15) is 11.5 Å². The number of H-pyrrole nitrogens is 2. The number of benzene rings is 1. The number of aromatic nitrogens is 6. The molecule has 0 bridgehead atoms. The molecular weight excluding hydrogens is 529 g/mol. The largest absolute Gasteiger partial charge is 0.338 e. The fourth-order valence-electron chi connectivity index (χ4n) is 6.10. The smallest absolute Gasteiger partial charge is 0.224 e. The fraction of sp³-hybridized carbons (Fsp3) is 0.242. The number of nitrogens with zero attached hydrogens (tertiary/aromatic N) is 4. The number of aryl methyl sites for hydroxylation is 1. The number of nitrogens with one attached hydrogen (secondary N) is 3. The lowest BCUT2D eigenvalue weighted by molar-refractivity contribution is -0.117. The third-order valence-electron chi connectivity index (χ3n) is 8.12. The van der Waals surface area contributed by atoms with Crippen LogP contribution in [0.25, 0.3) is 55.7 Å². The Kier molecular flexibility index (Phi) is 6.70. The van der Waals surface area contributed by atoms with Crippen molar-refractivity contribution >= 4 is 33.7 Å². The topological polar surface area (TPSA) is 112 Å². The molecule has 9 heteroatoms. The highest BCUT2D eigenvalue weighted by atomic mass is 19.1. The molecule has 1 fully saturated rings. The monoisotopic (exact) mass is 559 g/mol. The number of carbonyl (C=O) groups excluding carboxylic acids is 1. The molecule has 5 aromatic heterocycles. The molecule has 1 saturated carbocycles. The Labute approximate surface area is 241 Å². The first kappa shape index (κ1) is 26.0. The van der Waals surface area contributed by atoms with Gasteiger partial charge >= 0.3 is 0 Å². The van der Waals surface area contributed by atoms with Crippen molar-refractivity contribution in [2.24, 2.45) is 5.92 Å². The Morgan fingerprint density at radius 3 is 2.67 bits per heavy atom. The Balaban J connectivity index is 1.20. The van der Waals surface area contributed by atoms with Gasteiger partial charge in [-0.2, -0.15) is 5.10 Å². The van der Waals surface area contributed by atoms with Crippen LogP contribution in [0, 0.1) is 18.7 Å². The summed E-state index contributed by atoms with van der Waals surface area (Å²) in [6.45, 7) is 1.88. The van der Waals surface area contributed by atoms with Crippen molar-refractivity contribution in [1.29, 1.82) is 0 Å². The molecule has 0 aliphatic heterocycles. The molecule has 1 aliphatic rings. The number of pyridine rings is 3. The Hall–Kier alpha value is -4.92. The van der Waals surface area contributed by atoms with Gasteiger partial charge in [0.15, 0.2) is 5.65 Å². The predicted molar refractivity (Wildman–Crippen MR) is 162 cm³/mol. The van der Waals surface area contributed by atoms with Gasteiger partial charge in [0.2, 0.25) is 5.91 Å². The van der Waals surface area contributed by atoms with Crippen molar-refractivity contribution in [2.75, 3.05) is 5.32 Å². The predicted octanol–water partition coefficient (Wildman–Crippen LogP) is 7.59. The molecule has 6 aromatic rings. The second-order valence-electron chi connectivity index (χ2n) is 11.2. The molecular formula is C33H30FN7O. The number of anilines is 1. The maximum absolute atomic E-state index is 14.2. The number of hydrogen-bond acceptors (Lipinski definition) is 5. The second kappa shape index (κ2) is 10.8. The molecule has 1 amide bonds.